The van der Waals surface area contributed by atoms with E-state index >= 15 is 0 Å². The number of imide groups is 1. The van der Waals surface area contributed by atoms with Crippen LogP contribution in [0.25, 0.3) is 11.1 Å². The number of benzene rings is 2. The quantitative estimate of drug-likeness (QED) is 0.698. The smallest absolute Gasteiger partial charge is 0.407 e. The molecule has 166 valence electrons. The molecule has 1 N–H and O–H groups in total. The number of rotatable bonds is 6. The van der Waals surface area contributed by atoms with E-state index in [-0.39, 0.29) is 31.3 Å². The number of carbonyl (C=O) groups is 4. The standard InChI is InChI=1S/C24H24N2O6/c1-14(2)22(23(29)32-26-20(27)11-12-21(26)28)25-24(30)31-13-19-17-9-5-3-7-15(17)16-8-4-6-10-18(16)19/h3-10,14,19,22H,11-13H2,1-2H3,(H,25,30). The number of hydroxylamine groups is 2. The Morgan fingerprint density at radius 2 is 1.50 bits per heavy atom. The number of fused-ring (bicyclic) bond motifs is 3. The average Bonchev–Trinajstić information content (AvgIpc) is 3.27. The molecule has 1 saturated heterocycles. The van der Waals surface area contributed by atoms with Crippen molar-refractivity contribution in [2.75, 3.05) is 6.61 Å². The van der Waals surface area contributed by atoms with Crippen molar-refractivity contribution >= 4 is 23.9 Å². The first kappa shape index (κ1) is 21.5. The summed E-state index contributed by atoms with van der Waals surface area (Å²) in [6, 6.07) is 14.9. The zero-order valence-corrected chi connectivity index (χ0v) is 17.9. The summed E-state index contributed by atoms with van der Waals surface area (Å²) in [7, 11) is 0. The van der Waals surface area contributed by atoms with Gasteiger partial charge in [0, 0.05) is 18.8 Å². The van der Waals surface area contributed by atoms with Gasteiger partial charge in [0.1, 0.15) is 12.6 Å². The van der Waals surface area contributed by atoms with Gasteiger partial charge in [-0.25, -0.2) is 9.59 Å². The van der Waals surface area contributed by atoms with Crippen molar-refractivity contribution in [1.29, 1.82) is 0 Å². The predicted octanol–water partition coefficient (Wildman–Crippen LogP) is 3.16. The van der Waals surface area contributed by atoms with Gasteiger partial charge in [-0.05, 0) is 28.2 Å². The molecule has 1 heterocycles. The fourth-order valence-electron chi connectivity index (χ4n) is 4.07. The summed E-state index contributed by atoms with van der Waals surface area (Å²) in [6.45, 7) is 3.52. The Kier molecular flexibility index (Phi) is 5.94. The number of alkyl carbamates (subject to hydrolysis) is 1. The van der Waals surface area contributed by atoms with Crippen LogP contribution in [0.15, 0.2) is 48.5 Å². The van der Waals surface area contributed by atoms with Gasteiger partial charge in [-0.1, -0.05) is 62.4 Å². The number of carbonyl (C=O) groups excluding carboxylic acids is 4. The maximum Gasteiger partial charge on any atom is 0.407 e. The molecule has 0 bridgehead atoms. The molecule has 1 fully saturated rings. The third kappa shape index (κ3) is 4.08. The summed E-state index contributed by atoms with van der Waals surface area (Å²) in [6.07, 6.45) is -0.780. The molecule has 2 aliphatic rings. The Hall–Kier alpha value is -3.68. The number of nitrogens with one attached hydrogen (secondary N) is 1. The van der Waals surface area contributed by atoms with E-state index in [2.05, 4.69) is 5.32 Å². The van der Waals surface area contributed by atoms with Crippen LogP contribution in [0.3, 0.4) is 0 Å². The van der Waals surface area contributed by atoms with E-state index in [1.165, 1.54) is 0 Å². The maximum absolute atomic E-state index is 12.5. The van der Waals surface area contributed by atoms with Crippen molar-refractivity contribution in [2.45, 2.75) is 38.6 Å². The number of nitrogens with zero attached hydrogens (tertiary/aromatic N) is 1. The van der Waals surface area contributed by atoms with E-state index in [1.54, 1.807) is 13.8 Å². The normalized spacial score (nSPS) is 16.0. The molecular weight excluding hydrogens is 412 g/mol. The molecular formula is C24H24N2O6. The zero-order chi connectivity index (χ0) is 22.8. The molecule has 0 saturated carbocycles. The molecule has 0 spiro atoms. The Morgan fingerprint density at radius 1 is 0.969 bits per heavy atom. The minimum absolute atomic E-state index is 0.00172. The summed E-state index contributed by atoms with van der Waals surface area (Å²) in [5.74, 6) is -2.51. The lowest BCUT2D eigenvalue weighted by Crippen LogP contribution is -2.48. The molecule has 8 heteroatoms. The van der Waals surface area contributed by atoms with E-state index in [0.29, 0.717) is 5.06 Å². The highest BCUT2D eigenvalue weighted by Crippen LogP contribution is 2.44. The van der Waals surface area contributed by atoms with Crippen LogP contribution in [0.5, 0.6) is 0 Å². The van der Waals surface area contributed by atoms with Crippen molar-refractivity contribution in [2.24, 2.45) is 5.92 Å². The summed E-state index contributed by atoms with van der Waals surface area (Å²) >= 11 is 0. The van der Waals surface area contributed by atoms with E-state index in [4.69, 9.17) is 9.57 Å². The van der Waals surface area contributed by atoms with Crippen LogP contribution in [-0.2, 0) is 24.0 Å². The third-order valence-corrected chi connectivity index (χ3v) is 5.72. The second-order valence-electron chi connectivity index (χ2n) is 8.18. The molecule has 4 rings (SSSR count). The van der Waals surface area contributed by atoms with E-state index in [9.17, 15) is 19.2 Å². The highest BCUT2D eigenvalue weighted by Gasteiger charge is 2.36. The summed E-state index contributed by atoms with van der Waals surface area (Å²) in [4.78, 5) is 53.4. The van der Waals surface area contributed by atoms with Gasteiger partial charge < -0.3 is 14.9 Å². The fourth-order valence-corrected chi connectivity index (χ4v) is 4.07. The van der Waals surface area contributed by atoms with Gasteiger partial charge in [-0.2, -0.15) is 0 Å². The van der Waals surface area contributed by atoms with Gasteiger partial charge in [0.2, 0.25) is 0 Å². The first-order valence-corrected chi connectivity index (χ1v) is 10.6. The molecule has 1 atom stereocenters. The van der Waals surface area contributed by atoms with Crippen LogP contribution in [0.1, 0.15) is 43.7 Å². The Bertz CT molecular complexity index is 1020. The highest BCUT2D eigenvalue weighted by molar-refractivity contribution is 6.01. The van der Waals surface area contributed by atoms with Gasteiger partial charge in [0.25, 0.3) is 11.8 Å². The number of ether oxygens (including phenoxy) is 1. The predicted molar refractivity (Wildman–Crippen MR) is 114 cm³/mol. The van der Waals surface area contributed by atoms with Gasteiger partial charge in [0.15, 0.2) is 0 Å². The van der Waals surface area contributed by atoms with Gasteiger partial charge in [-0.3, -0.25) is 9.59 Å². The lowest BCUT2D eigenvalue weighted by atomic mass is 9.98. The van der Waals surface area contributed by atoms with Crippen molar-refractivity contribution in [3.05, 3.63) is 59.7 Å². The van der Waals surface area contributed by atoms with Crippen LogP contribution < -0.4 is 5.32 Å². The highest BCUT2D eigenvalue weighted by atomic mass is 16.7. The minimum Gasteiger partial charge on any atom is -0.449 e. The van der Waals surface area contributed by atoms with Gasteiger partial charge >= 0.3 is 12.1 Å². The topological polar surface area (TPSA) is 102 Å². The van der Waals surface area contributed by atoms with Crippen LogP contribution in [-0.4, -0.2) is 41.6 Å². The van der Waals surface area contributed by atoms with E-state index < -0.39 is 29.9 Å². The molecule has 2 aromatic carbocycles. The van der Waals surface area contributed by atoms with Crippen molar-refractivity contribution in [3.63, 3.8) is 0 Å². The lowest BCUT2D eigenvalue weighted by Gasteiger charge is -2.23. The number of hydrogen-bond acceptors (Lipinski definition) is 6. The largest absolute Gasteiger partial charge is 0.449 e. The van der Waals surface area contributed by atoms with Crippen LogP contribution >= 0.6 is 0 Å². The number of hydrogen-bond donors (Lipinski definition) is 1. The molecule has 3 amide bonds. The average molecular weight is 436 g/mol. The van der Waals surface area contributed by atoms with Crippen LogP contribution in [0.4, 0.5) is 4.79 Å². The van der Waals surface area contributed by atoms with Crippen molar-refractivity contribution < 1.29 is 28.8 Å². The summed E-state index contributed by atoms with van der Waals surface area (Å²) in [5.41, 5.74) is 4.38. The first-order valence-electron chi connectivity index (χ1n) is 10.6. The Morgan fingerprint density at radius 3 is 2.03 bits per heavy atom. The fraction of sp³-hybridized carbons (Fsp3) is 0.333. The summed E-state index contributed by atoms with van der Waals surface area (Å²) in [5, 5.41) is 2.98. The van der Waals surface area contributed by atoms with Crippen LogP contribution in [0.2, 0.25) is 0 Å². The molecule has 32 heavy (non-hydrogen) atoms. The second kappa shape index (κ2) is 8.82. The molecule has 2 aromatic rings. The zero-order valence-electron chi connectivity index (χ0n) is 17.9. The number of amides is 3. The summed E-state index contributed by atoms with van der Waals surface area (Å²) < 4.78 is 5.48. The van der Waals surface area contributed by atoms with E-state index in [0.717, 1.165) is 22.3 Å². The maximum atomic E-state index is 12.5. The van der Waals surface area contributed by atoms with E-state index in [1.807, 2.05) is 48.5 Å². The van der Waals surface area contributed by atoms with Crippen molar-refractivity contribution in [3.8, 4) is 11.1 Å². The third-order valence-electron chi connectivity index (χ3n) is 5.72. The SMILES string of the molecule is CC(C)C(NC(=O)OCC1c2ccccc2-c2ccccc21)C(=O)ON1C(=O)CCC1=O. The van der Waals surface area contributed by atoms with Crippen molar-refractivity contribution in [1.82, 2.24) is 10.4 Å². The lowest BCUT2D eigenvalue weighted by molar-refractivity contribution is -0.199. The molecule has 8 nitrogen and oxygen atoms in total. The minimum atomic E-state index is -1.08. The Labute approximate surface area is 185 Å². The molecule has 0 aromatic heterocycles. The first-order chi connectivity index (χ1) is 15.4. The van der Waals surface area contributed by atoms with Gasteiger partial charge in [0.05, 0.1) is 0 Å². The molecule has 0 radical (unpaired) electrons. The Balaban J connectivity index is 1.41. The van der Waals surface area contributed by atoms with Gasteiger partial charge in [-0.15, -0.1) is 5.06 Å². The molecule has 1 aliphatic carbocycles. The molecule has 1 aliphatic heterocycles. The molecule has 1 unspecified atom stereocenters. The van der Waals surface area contributed by atoms with Crippen LogP contribution in [0, 0.1) is 5.92 Å². The second-order valence-corrected chi connectivity index (χ2v) is 8.18. The monoisotopic (exact) mass is 436 g/mol.